The Morgan fingerprint density at radius 1 is 1.05 bits per heavy atom. The number of hydrogen-bond acceptors (Lipinski definition) is 6. The van der Waals surface area contributed by atoms with Crippen LogP contribution in [0.3, 0.4) is 0 Å². The highest BCUT2D eigenvalue weighted by molar-refractivity contribution is 5.91. The van der Waals surface area contributed by atoms with Gasteiger partial charge in [-0.2, -0.15) is 0 Å². The molecule has 0 fully saturated rings. The lowest BCUT2D eigenvalue weighted by Gasteiger charge is -2.15. The van der Waals surface area contributed by atoms with E-state index in [0.717, 1.165) is 11.0 Å². The van der Waals surface area contributed by atoms with Gasteiger partial charge in [0.15, 0.2) is 11.5 Å². The summed E-state index contributed by atoms with van der Waals surface area (Å²) in [6, 6.07) is 1.82. The number of nitrogens with two attached hydrogens (primary N) is 1. The summed E-state index contributed by atoms with van der Waals surface area (Å²) in [4.78, 5) is 8.48. The van der Waals surface area contributed by atoms with E-state index < -0.39 is 0 Å². The number of nitrogen functional groups attached to an aromatic ring is 1. The first-order chi connectivity index (χ1) is 9.71. The van der Waals surface area contributed by atoms with Gasteiger partial charge in [0.05, 0.1) is 39.4 Å². The van der Waals surface area contributed by atoms with Crippen LogP contribution in [-0.4, -0.2) is 35.7 Å². The average molecular weight is 274 g/mol. The summed E-state index contributed by atoms with van der Waals surface area (Å²) in [6.07, 6.45) is 3.33. The van der Waals surface area contributed by atoms with E-state index in [2.05, 4.69) is 9.97 Å². The fourth-order valence-corrected chi connectivity index (χ4v) is 2.27. The van der Waals surface area contributed by atoms with Gasteiger partial charge >= 0.3 is 0 Å². The second-order valence-electron chi connectivity index (χ2n) is 4.16. The number of benzene rings is 1. The van der Waals surface area contributed by atoms with Crippen molar-refractivity contribution in [3.8, 4) is 17.2 Å². The maximum Gasteiger partial charge on any atom is 0.205 e. The van der Waals surface area contributed by atoms with Crippen LogP contribution in [-0.2, 0) is 0 Å². The number of ether oxygens (including phenoxy) is 3. The summed E-state index contributed by atoms with van der Waals surface area (Å²) >= 11 is 0. The van der Waals surface area contributed by atoms with Crippen molar-refractivity contribution in [1.29, 1.82) is 0 Å². The third-order valence-electron chi connectivity index (χ3n) is 3.18. The van der Waals surface area contributed by atoms with Gasteiger partial charge in [0.25, 0.3) is 0 Å². The molecule has 0 bridgehead atoms. The zero-order valence-electron chi connectivity index (χ0n) is 11.4. The molecule has 1 aromatic carbocycles. The molecule has 0 aliphatic rings. The first kappa shape index (κ1) is 12.3. The first-order valence-electron chi connectivity index (χ1n) is 5.91. The molecule has 0 saturated heterocycles. The smallest absolute Gasteiger partial charge is 0.205 e. The standard InChI is InChI=1S/C13H14N4O3/c1-18-9-4-7-10(12(20-3)11(9)19-2)16-13(14)8-5-15-6-17(7)8/h4-6H,1-3H3,(H2,14,16). The molecule has 20 heavy (non-hydrogen) atoms. The normalized spacial score (nSPS) is 10.9. The van der Waals surface area contributed by atoms with E-state index in [0.29, 0.717) is 28.6 Å². The minimum absolute atomic E-state index is 0.375. The SMILES string of the molecule is COc1cc2c(nc(N)c3cncn32)c(OC)c1OC. The highest BCUT2D eigenvalue weighted by atomic mass is 16.5. The fraction of sp³-hybridized carbons (Fsp3) is 0.231. The third-order valence-corrected chi connectivity index (χ3v) is 3.18. The predicted octanol–water partition coefficient (Wildman–Crippen LogP) is 1.49. The van der Waals surface area contributed by atoms with Gasteiger partial charge in [-0.15, -0.1) is 0 Å². The van der Waals surface area contributed by atoms with Gasteiger partial charge in [-0.05, 0) is 0 Å². The van der Waals surface area contributed by atoms with Gasteiger partial charge in [0.2, 0.25) is 5.75 Å². The van der Waals surface area contributed by atoms with E-state index in [9.17, 15) is 0 Å². The summed E-state index contributed by atoms with van der Waals surface area (Å²) in [5.41, 5.74) is 8.05. The van der Waals surface area contributed by atoms with Crippen LogP contribution in [0.25, 0.3) is 16.6 Å². The molecule has 2 heterocycles. The van der Waals surface area contributed by atoms with E-state index in [1.807, 2.05) is 10.5 Å². The van der Waals surface area contributed by atoms with Crippen molar-refractivity contribution in [3.05, 3.63) is 18.6 Å². The lowest BCUT2D eigenvalue weighted by molar-refractivity contribution is 0.326. The minimum Gasteiger partial charge on any atom is -0.493 e. The van der Waals surface area contributed by atoms with E-state index >= 15 is 0 Å². The second kappa shape index (κ2) is 4.44. The number of methoxy groups -OCH3 is 3. The molecule has 7 nitrogen and oxygen atoms in total. The molecule has 3 rings (SSSR count). The molecule has 104 valence electrons. The van der Waals surface area contributed by atoms with E-state index in [1.54, 1.807) is 33.9 Å². The molecule has 2 aromatic heterocycles. The van der Waals surface area contributed by atoms with Crippen LogP contribution in [0.15, 0.2) is 18.6 Å². The number of rotatable bonds is 3. The maximum absolute atomic E-state index is 5.95. The number of imidazole rings is 1. The molecule has 0 aliphatic heterocycles. The van der Waals surface area contributed by atoms with Crippen molar-refractivity contribution in [3.63, 3.8) is 0 Å². The van der Waals surface area contributed by atoms with Crippen molar-refractivity contribution in [2.45, 2.75) is 0 Å². The molecule has 0 atom stereocenters. The summed E-state index contributed by atoms with van der Waals surface area (Å²) in [5.74, 6) is 1.89. The highest BCUT2D eigenvalue weighted by Crippen LogP contribution is 2.43. The molecule has 2 N–H and O–H groups in total. The number of fused-ring (bicyclic) bond motifs is 3. The Morgan fingerprint density at radius 3 is 2.45 bits per heavy atom. The number of nitrogens with zero attached hydrogens (tertiary/aromatic N) is 3. The Hall–Kier alpha value is -2.70. The summed E-state index contributed by atoms with van der Waals surface area (Å²) in [7, 11) is 4.66. The summed E-state index contributed by atoms with van der Waals surface area (Å²) in [5, 5.41) is 0. The lowest BCUT2D eigenvalue weighted by atomic mass is 10.2. The molecule has 0 unspecified atom stereocenters. The molecular formula is C13H14N4O3. The fourth-order valence-electron chi connectivity index (χ4n) is 2.27. The van der Waals surface area contributed by atoms with Gasteiger partial charge in [-0.3, -0.25) is 4.40 Å². The van der Waals surface area contributed by atoms with Gasteiger partial charge in [0.1, 0.15) is 16.9 Å². The van der Waals surface area contributed by atoms with Crippen molar-refractivity contribution >= 4 is 22.4 Å². The van der Waals surface area contributed by atoms with E-state index in [-0.39, 0.29) is 0 Å². The second-order valence-corrected chi connectivity index (χ2v) is 4.16. The Balaban J connectivity index is 2.54. The third kappa shape index (κ3) is 1.52. The monoisotopic (exact) mass is 274 g/mol. The zero-order valence-corrected chi connectivity index (χ0v) is 11.4. The van der Waals surface area contributed by atoms with Gasteiger partial charge in [-0.1, -0.05) is 0 Å². The first-order valence-corrected chi connectivity index (χ1v) is 5.91. The predicted molar refractivity (Wildman–Crippen MR) is 74.6 cm³/mol. The van der Waals surface area contributed by atoms with Gasteiger partial charge in [-0.25, -0.2) is 9.97 Å². The van der Waals surface area contributed by atoms with Crippen LogP contribution in [0, 0.1) is 0 Å². The van der Waals surface area contributed by atoms with Crippen LogP contribution in [0.2, 0.25) is 0 Å². The van der Waals surface area contributed by atoms with Gasteiger partial charge < -0.3 is 19.9 Å². The summed E-state index contributed by atoms with van der Waals surface area (Å²) < 4.78 is 17.9. The van der Waals surface area contributed by atoms with Crippen molar-refractivity contribution in [2.24, 2.45) is 0 Å². The van der Waals surface area contributed by atoms with Crippen LogP contribution >= 0.6 is 0 Å². The minimum atomic E-state index is 0.375. The van der Waals surface area contributed by atoms with Crippen molar-refractivity contribution in [2.75, 3.05) is 27.1 Å². The summed E-state index contributed by atoms with van der Waals surface area (Å²) in [6.45, 7) is 0. The Kier molecular flexibility index (Phi) is 2.74. The number of anilines is 1. The van der Waals surface area contributed by atoms with Crippen molar-refractivity contribution in [1.82, 2.24) is 14.4 Å². The van der Waals surface area contributed by atoms with Crippen LogP contribution in [0.4, 0.5) is 5.82 Å². The maximum atomic E-state index is 5.95. The van der Waals surface area contributed by atoms with E-state index in [1.165, 1.54) is 0 Å². The zero-order chi connectivity index (χ0) is 14.3. The van der Waals surface area contributed by atoms with Crippen LogP contribution in [0.1, 0.15) is 0 Å². The van der Waals surface area contributed by atoms with Crippen LogP contribution < -0.4 is 19.9 Å². The number of aromatic nitrogens is 3. The highest BCUT2D eigenvalue weighted by Gasteiger charge is 2.19. The molecule has 0 amide bonds. The topological polar surface area (TPSA) is 83.9 Å². The Bertz CT molecular complexity index is 797. The lowest BCUT2D eigenvalue weighted by Crippen LogP contribution is -2.02. The molecule has 0 radical (unpaired) electrons. The van der Waals surface area contributed by atoms with E-state index in [4.69, 9.17) is 19.9 Å². The largest absolute Gasteiger partial charge is 0.493 e. The molecule has 0 spiro atoms. The molecule has 7 heteroatoms. The molecule has 3 aromatic rings. The average Bonchev–Trinajstić information content (AvgIpc) is 2.95. The quantitative estimate of drug-likeness (QED) is 0.779. The molecule has 0 saturated carbocycles. The molecule has 0 aliphatic carbocycles. The Labute approximate surface area is 114 Å². The van der Waals surface area contributed by atoms with Crippen LogP contribution in [0.5, 0.6) is 17.2 Å². The Morgan fingerprint density at radius 2 is 1.80 bits per heavy atom. The molecular weight excluding hydrogens is 260 g/mol. The van der Waals surface area contributed by atoms with Gasteiger partial charge in [0, 0.05) is 6.07 Å². The number of hydrogen-bond donors (Lipinski definition) is 1. The van der Waals surface area contributed by atoms with Crippen molar-refractivity contribution < 1.29 is 14.2 Å².